The van der Waals surface area contributed by atoms with Crippen molar-refractivity contribution in [2.45, 2.75) is 0 Å². The predicted molar refractivity (Wildman–Crippen MR) is 18.7 cm³/mol. The lowest BCUT2D eigenvalue weighted by Gasteiger charge is -1.71. The summed E-state index contributed by atoms with van der Waals surface area (Å²) >= 11 is 0. The minimum atomic E-state index is -0.803. The van der Waals surface area contributed by atoms with Gasteiger partial charge in [0.1, 0.15) is 0 Å². The van der Waals surface area contributed by atoms with Crippen molar-refractivity contribution in [1.29, 1.82) is 0 Å². The fourth-order valence-electron chi connectivity index (χ4n) is 0.281. The molecule has 2 nitrogen and oxygen atoms in total. The van der Waals surface area contributed by atoms with Gasteiger partial charge in [0.25, 0.3) is 0 Å². The molecule has 4 heteroatoms. The number of hydrogen-bond donors (Lipinski definition) is 0. The highest BCUT2D eigenvalue weighted by molar-refractivity contribution is 4.79. The zero-order valence-corrected chi connectivity index (χ0v) is 3.31. The van der Waals surface area contributed by atoms with E-state index < -0.39 is 5.95 Å². The molecule has 0 unspecified atom stereocenters. The molecule has 0 saturated heterocycles. The second-order valence-corrected chi connectivity index (χ2v) is 1.03. The standard InChI is InChI=1S/C3H2F2N2/c4-3-1-2-7(5)6-3/h1-2H. The van der Waals surface area contributed by atoms with Gasteiger partial charge in [-0.15, -0.1) is 10.0 Å². The Morgan fingerprint density at radius 2 is 2.43 bits per heavy atom. The fourth-order valence-corrected chi connectivity index (χ4v) is 0.281. The van der Waals surface area contributed by atoms with Crippen molar-refractivity contribution in [2.24, 2.45) is 0 Å². The van der Waals surface area contributed by atoms with Crippen LogP contribution in [0.1, 0.15) is 0 Å². The molecule has 0 spiro atoms. The van der Waals surface area contributed by atoms with Crippen molar-refractivity contribution >= 4 is 0 Å². The average Bonchev–Trinajstić information content (AvgIpc) is 1.87. The van der Waals surface area contributed by atoms with Crippen LogP contribution in [-0.2, 0) is 0 Å². The van der Waals surface area contributed by atoms with E-state index in [1.165, 1.54) is 0 Å². The molecule has 0 N–H and O–H groups in total. The van der Waals surface area contributed by atoms with Crippen LogP contribution in [0.5, 0.6) is 0 Å². The maximum absolute atomic E-state index is 11.6. The van der Waals surface area contributed by atoms with E-state index in [-0.39, 0.29) is 4.90 Å². The first kappa shape index (κ1) is 4.23. The number of aromatic nitrogens is 2. The van der Waals surface area contributed by atoms with E-state index in [9.17, 15) is 8.87 Å². The third kappa shape index (κ3) is 0.734. The van der Waals surface area contributed by atoms with Crippen LogP contribution in [-0.4, -0.2) is 10.0 Å². The summed E-state index contributed by atoms with van der Waals surface area (Å²) in [5.41, 5.74) is 0. The molecule has 0 bridgehead atoms. The van der Waals surface area contributed by atoms with Crippen LogP contribution in [0.25, 0.3) is 0 Å². The van der Waals surface area contributed by atoms with Gasteiger partial charge in [-0.25, -0.2) is 0 Å². The lowest BCUT2D eigenvalue weighted by atomic mass is 10.7. The second kappa shape index (κ2) is 1.29. The van der Waals surface area contributed by atoms with Crippen LogP contribution in [0.4, 0.5) is 8.87 Å². The Balaban J connectivity index is 3.04. The highest BCUT2D eigenvalue weighted by Gasteiger charge is 1.90. The normalized spacial score (nSPS) is 9.43. The van der Waals surface area contributed by atoms with Gasteiger partial charge in [0.05, 0.1) is 6.20 Å². The van der Waals surface area contributed by atoms with E-state index in [2.05, 4.69) is 5.10 Å². The molecule has 38 valence electrons. The van der Waals surface area contributed by atoms with E-state index >= 15 is 0 Å². The van der Waals surface area contributed by atoms with Gasteiger partial charge in [0.2, 0.25) is 5.95 Å². The number of halogens is 2. The Bertz CT molecular complexity index is 143. The number of nitrogens with zero attached hydrogens (tertiary/aromatic N) is 2. The molecule has 0 amide bonds. The van der Waals surface area contributed by atoms with Crippen molar-refractivity contribution < 1.29 is 8.87 Å². The van der Waals surface area contributed by atoms with Crippen molar-refractivity contribution in [3.8, 4) is 0 Å². The summed E-state index contributed by atoms with van der Waals surface area (Å²) in [6.45, 7) is 0. The molecule has 7 heavy (non-hydrogen) atoms. The molecule has 0 saturated carbocycles. The molecule has 1 heterocycles. The molecule has 0 aliphatic rings. The lowest BCUT2D eigenvalue weighted by molar-refractivity contribution is 0.303. The molecule has 0 aliphatic heterocycles. The summed E-state index contributed by atoms with van der Waals surface area (Å²) in [5, 5.41) is 2.69. The highest BCUT2D eigenvalue weighted by Crippen LogP contribution is 1.89. The van der Waals surface area contributed by atoms with Crippen molar-refractivity contribution in [1.82, 2.24) is 10.0 Å². The first-order valence-corrected chi connectivity index (χ1v) is 1.66. The van der Waals surface area contributed by atoms with Gasteiger partial charge in [-0.3, -0.25) is 0 Å². The quantitative estimate of drug-likeness (QED) is 0.475. The molecular formula is C3H2F2N2. The van der Waals surface area contributed by atoms with E-state index in [4.69, 9.17) is 0 Å². The van der Waals surface area contributed by atoms with Gasteiger partial charge in [0, 0.05) is 6.07 Å². The zero-order valence-electron chi connectivity index (χ0n) is 3.31. The summed E-state index contributed by atoms with van der Waals surface area (Å²) in [5.74, 6) is -0.803. The molecule has 1 aromatic rings. The molecule has 0 aromatic carbocycles. The van der Waals surface area contributed by atoms with Crippen molar-refractivity contribution in [2.75, 3.05) is 0 Å². The highest BCUT2D eigenvalue weighted by atomic mass is 19.2. The van der Waals surface area contributed by atoms with Crippen LogP contribution in [0, 0.1) is 5.95 Å². The van der Waals surface area contributed by atoms with Crippen molar-refractivity contribution in [3.63, 3.8) is 0 Å². The van der Waals surface area contributed by atoms with E-state index in [1.807, 2.05) is 0 Å². The Morgan fingerprint density at radius 3 is 2.57 bits per heavy atom. The van der Waals surface area contributed by atoms with Crippen LogP contribution >= 0.6 is 0 Å². The first-order valence-electron chi connectivity index (χ1n) is 1.66. The largest absolute Gasteiger partial charge is 0.235 e. The molecule has 1 rings (SSSR count). The summed E-state index contributed by atoms with van der Waals surface area (Å²) in [7, 11) is 0. The van der Waals surface area contributed by atoms with Gasteiger partial charge < -0.3 is 0 Å². The van der Waals surface area contributed by atoms with Gasteiger partial charge in [-0.1, -0.05) is 4.48 Å². The Hall–Kier alpha value is -0.930. The molecule has 0 fully saturated rings. The Kier molecular flexibility index (Phi) is 0.780. The van der Waals surface area contributed by atoms with Gasteiger partial charge in [-0.2, -0.15) is 4.39 Å². The van der Waals surface area contributed by atoms with Crippen molar-refractivity contribution in [3.05, 3.63) is 18.2 Å². The first-order chi connectivity index (χ1) is 3.29. The van der Waals surface area contributed by atoms with Crippen LogP contribution in [0.2, 0.25) is 0 Å². The number of rotatable bonds is 0. The topological polar surface area (TPSA) is 17.8 Å². The molecule has 0 atom stereocenters. The third-order valence-corrected chi connectivity index (χ3v) is 0.526. The molecule has 0 aliphatic carbocycles. The van der Waals surface area contributed by atoms with E-state index in [0.717, 1.165) is 12.3 Å². The molecule has 0 radical (unpaired) electrons. The smallest absolute Gasteiger partial charge is 0.183 e. The van der Waals surface area contributed by atoms with E-state index in [1.54, 1.807) is 0 Å². The summed E-state index contributed by atoms with van der Waals surface area (Å²) in [6, 6.07) is 0.931. The maximum Gasteiger partial charge on any atom is 0.235 e. The fraction of sp³-hybridized carbons (Fsp3) is 0. The van der Waals surface area contributed by atoms with Crippen LogP contribution < -0.4 is 0 Å². The molecule has 1 aromatic heterocycles. The lowest BCUT2D eigenvalue weighted by Crippen LogP contribution is -1.80. The summed E-state index contributed by atoms with van der Waals surface area (Å²) in [6.07, 6.45) is 0.884. The Morgan fingerprint density at radius 1 is 1.71 bits per heavy atom. The second-order valence-electron chi connectivity index (χ2n) is 1.03. The van der Waals surface area contributed by atoms with Gasteiger partial charge in [-0.05, 0) is 0 Å². The SMILES string of the molecule is Fc1ccn(F)n1. The molecular weight excluding hydrogens is 102 g/mol. The third-order valence-electron chi connectivity index (χ3n) is 0.526. The summed E-state index contributed by atoms with van der Waals surface area (Å²) < 4.78 is 23.0. The van der Waals surface area contributed by atoms with E-state index in [0.29, 0.717) is 0 Å². The Labute approximate surface area is 38.3 Å². The number of hydrogen-bond acceptors (Lipinski definition) is 1. The average molecular weight is 104 g/mol. The monoisotopic (exact) mass is 104 g/mol. The van der Waals surface area contributed by atoms with Crippen LogP contribution in [0.15, 0.2) is 12.3 Å². The predicted octanol–water partition coefficient (Wildman–Crippen LogP) is 0.755. The van der Waals surface area contributed by atoms with Crippen LogP contribution in [0.3, 0.4) is 0 Å². The van der Waals surface area contributed by atoms with Gasteiger partial charge in [0.15, 0.2) is 0 Å². The summed E-state index contributed by atoms with van der Waals surface area (Å²) in [4.78, 5) is -0.0880. The maximum atomic E-state index is 11.6. The zero-order chi connectivity index (χ0) is 5.28. The van der Waals surface area contributed by atoms with Gasteiger partial charge >= 0.3 is 0 Å². The minimum Gasteiger partial charge on any atom is -0.183 e. The minimum absolute atomic E-state index is 0.0880.